The molecule has 4 aliphatic rings. The zero-order chi connectivity index (χ0) is 29.0. The molecule has 1 atom stereocenters. The largest absolute Gasteiger partial charge is 0.353 e. The highest BCUT2D eigenvalue weighted by atomic mass is 19.1. The van der Waals surface area contributed by atoms with Gasteiger partial charge in [-0.3, -0.25) is 14.5 Å². The predicted molar refractivity (Wildman–Crippen MR) is 157 cm³/mol. The molecule has 1 unspecified atom stereocenters. The van der Waals surface area contributed by atoms with Crippen molar-refractivity contribution in [2.45, 2.75) is 31.2 Å². The van der Waals surface area contributed by atoms with E-state index in [2.05, 4.69) is 33.6 Å². The number of allylic oxidation sites excluding steroid dienone is 3. The lowest BCUT2D eigenvalue weighted by Gasteiger charge is -2.37. The smallest absolute Gasteiger partial charge is 0.233 e. The number of hydrogen-bond donors (Lipinski definition) is 1. The summed E-state index contributed by atoms with van der Waals surface area (Å²) in [5.41, 5.74) is 9.13. The molecule has 3 aromatic rings. The maximum Gasteiger partial charge on any atom is 0.233 e. The lowest BCUT2D eigenvalue weighted by molar-refractivity contribution is -0.134. The second kappa shape index (κ2) is 9.96. The van der Waals surface area contributed by atoms with E-state index in [-0.39, 0.29) is 17.8 Å². The van der Waals surface area contributed by atoms with Crippen LogP contribution in [0, 0.1) is 17.1 Å². The fourth-order valence-electron chi connectivity index (χ4n) is 6.24. The number of anilines is 1. The van der Waals surface area contributed by atoms with Crippen LogP contribution < -0.4 is 10.3 Å². The van der Waals surface area contributed by atoms with Gasteiger partial charge in [-0.15, -0.1) is 0 Å². The van der Waals surface area contributed by atoms with Crippen molar-refractivity contribution in [3.8, 4) is 6.07 Å². The Bertz CT molecular complexity index is 1680. The highest BCUT2D eigenvalue weighted by Crippen LogP contribution is 2.49. The summed E-state index contributed by atoms with van der Waals surface area (Å²) in [6, 6.07) is 12.7. The average Bonchev–Trinajstić information content (AvgIpc) is 3.60. The van der Waals surface area contributed by atoms with Gasteiger partial charge in [0.15, 0.2) is 0 Å². The minimum Gasteiger partial charge on any atom is -0.353 e. The number of carbonyl (C=O) groups excluding carboxylic acids is 1. The molecule has 10 heteroatoms. The summed E-state index contributed by atoms with van der Waals surface area (Å²) >= 11 is 0. The Morgan fingerprint density at radius 1 is 1.07 bits per heavy atom. The Morgan fingerprint density at radius 3 is 2.45 bits per heavy atom. The fourth-order valence-corrected chi connectivity index (χ4v) is 6.24. The molecule has 42 heavy (non-hydrogen) atoms. The maximum atomic E-state index is 13.5. The van der Waals surface area contributed by atoms with Crippen LogP contribution in [-0.2, 0) is 17.3 Å². The Hall–Kier alpha value is -4.75. The molecule has 2 aromatic heterocycles. The molecule has 1 saturated carbocycles. The number of fused-ring (bicyclic) bond motifs is 1. The molecule has 2 fully saturated rings. The van der Waals surface area contributed by atoms with E-state index < -0.39 is 5.41 Å². The van der Waals surface area contributed by atoms with Gasteiger partial charge in [-0.05, 0) is 55.7 Å². The normalized spacial score (nSPS) is 21.1. The summed E-state index contributed by atoms with van der Waals surface area (Å²) < 4.78 is 15.2. The number of hydrazine groups is 1. The van der Waals surface area contributed by atoms with E-state index >= 15 is 0 Å². The maximum absolute atomic E-state index is 13.5. The molecule has 1 aliphatic carbocycles. The molecular weight excluding hydrogens is 531 g/mol. The standard InChI is InChI=1S/C32H31FN8O/c1-21-28(16-34)30-27(15-23(20-41(30)37-21)24-18-36-38(2)19-24)22-3-8-29(35-17-22)39-11-13-40(14-12-39)31(42)32(9-10-32)25-4-6-26(33)7-5-25/h3-8,15,17-21,37H,9-14H2,1-2H3. The van der Waals surface area contributed by atoms with Crippen molar-refractivity contribution in [1.29, 1.82) is 5.26 Å². The van der Waals surface area contributed by atoms with Crippen LogP contribution in [0.3, 0.4) is 0 Å². The number of pyridine rings is 1. The third kappa shape index (κ3) is 4.37. The molecular formula is C32H31FN8O. The number of nitrogens with one attached hydrogen (secondary N) is 1. The first-order valence-corrected chi connectivity index (χ1v) is 14.3. The Labute approximate surface area is 243 Å². The van der Waals surface area contributed by atoms with Crippen LogP contribution in [-0.4, -0.2) is 62.8 Å². The number of nitriles is 1. The van der Waals surface area contributed by atoms with Crippen molar-refractivity contribution < 1.29 is 9.18 Å². The van der Waals surface area contributed by atoms with Gasteiger partial charge in [0.05, 0.1) is 35.0 Å². The number of carbonyl (C=O) groups is 1. The average molecular weight is 563 g/mol. The monoisotopic (exact) mass is 562 g/mol. The van der Waals surface area contributed by atoms with Crippen molar-refractivity contribution >= 4 is 22.9 Å². The van der Waals surface area contributed by atoms with Crippen LogP contribution in [0.2, 0.25) is 0 Å². The van der Waals surface area contributed by atoms with E-state index in [1.807, 2.05) is 54.7 Å². The Morgan fingerprint density at radius 2 is 1.83 bits per heavy atom. The highest BCUT2D eigenvalue weighted by molar-refractivity contribution is 5.93. The third-order valence-corrected chi connectivity index (χ3v) is 8.75. The zero-order valence-corrected chi connectivity index (χ0v) is 23.6. The number of halogens is 1. The second-order valence-electron chi connectivity index (χ2n) is 11.4. The lowest BCUT2D eigenvalue weighted by atomic mass is 9.93. The summed E-state index contributed by atoms with van der Waals surface area (Å²) in [5, 5.41) is 16.2. The fraction of sp³-hybridized carbons (Fsp3) is 0.312. The Kier molecular flexibility index (Phi) is 6.21. The summed E-state index contributed by atoms with van der Waals surface area (Å²) in [5.74, 6) is 0.715. The molecule has 212 valence electrons. The molecule has 0 spiro atoms. The van der Waals surface area contributed by atoms with E-state index in [1.54, 1.807) is 16.8 Å². The number of amides is 1. The second-order valence-corrected chi connectivity index (χ2v) is 11.4. The molecule has 1 amide bonds. The molecule has 0 bridgehead atoms. The molecule has 9 nitrogen and oxygen atoms in total. The first-order valence-electron chi connectivity index (χ1n) is 14.3. The lowest BCUT2D eigenvalue weighted by Crippen LogP contribution is -2.51. The van der Waals surface area contributed by atoms with Crippen LogP contribution in [0.5, 0.6) is 0 Å². The van der Waals surface area contributed by atoms with Crippen molar-refractivity contribution in [1.82, 2.24) is 30.1 Å². The topological polar surface area (TPSA) is 93.3 Å². The number of nitrogens with zero attached hydrogens (tertiary/aromatic N) is 7. The van der Waals surface area contributed by atoms with Crippen molar-refractivity contribution in [3.05, 3.63) is 101 Å². The van der Waals surface area contributed by atoms with Crippen molar-refractivity contribution in [3.63, 3.8) is 0 Å². The summed E-state index contributed by atoms with van der Waals surface area (Å²) in [6.45, 7) is 4.59. The third-order valence-electron chi connectivity index (χ3n) is 8.75. The van der Waals surface area contributed by atoms with E-state index in [0.717, 1.165) is 52.2 Å². The van der Waals surface area contributed by atoms with Gasteiger partial charge in [0.1, 0.15) is 11.6 Å². The molecule has 0 radical (unpaired) electrons. The first kappa shape index (κ1) is 26.2. The van der Waals surface area contributed by atoms with E-state index in [0.29, 0.717) is 31.8 Å². The number of benzene rings is 1. The number of aryl methyl sites for hydroxylation is 1. The van der Waals surface area contributed by atoms with Gasteiger partial charge in [-0.1, -0.05) is 12.1 Å². The summed E-state index contributed by atoms with van der Waals surface area (Å²) in [7, 11) is 1.89. The van der Waals surface area contributed by atoms with Gasteiger partial charge >= 0.3 is 0 Å². The summed E-state index contributed by atoms with van der Waals surface area (Å²) in [4.78, 5) is 22.4. The van der Waals surface area contributed by atoms with Crippen molar-refractivity contribution in [2.75, 3.05) is 31.1 Å². The van der Waals surface area contributed by atoms with Crippen LogP contribution in [0.1, 0.15) is 36.5 Å². The van der Waals surface area contributed by atoms with Crippen LogP contribution in [0.15, 0.2) is 78.5 Å². The van der Waals surface area contributed by atoms with Gasteiger partial charge in [0.25, 0.3) is 0 Å². The minimum absolute atomic E-state index is 0.109. The van der Waals surface area contributed by atoms with Gasteiger partial charge in [0.2, 0.25) is 5.91 Å². The molecule has 1 N–H and O–H groups in total. The highest BCUT2D eigenvalue weighted by Gasteiger charge is 2.53. The molecule has 1 saturated heterocycles. The van der Waals surface area contributed by atoms with Gasteiger partial charge in [0, 0.05) is 74.1 Å². The van der Waals surface area contributed by atoms with E-state index in [1.165, 1.54) is 12.1 Å². The van der Waals surface area contributed by atoms with E-state index in [4.69, 9.17) is 4.98 Å². The van der Waals surface area contributed by atoms with Crippen LogP contribution in [0.25, 0.3) is 11.1 Å². The molecule has 1 aromatic carbocycles. The van der Waals surface area contributed by atoms with Crippen LogP contribution in [0.4, 0.5) is 10.2 Å². The van der Waals surface area contributed by atoms with Crippen molar-refractivity contribution in [2.24, 2.45) is 7.05 Å². The van der Waals surface area contributed by atoms with Gasteiger partial charge in [-0.25, -0.2) is 14.8 Å². The quantitative estimate of drug-likeness (QED) is 0.506. The summed E-state index contributed by atoms with van der Waals surface area (Å²) in [6.07, 6.45) is 11.4. The first-order chi connectivity index (χ1) is 20.4. The Balaban J connectivity index is 1.09. The van der Waals surface area contributed by atoms with Gasteiger partial charge in [-0.2, -0.15) is 10.4 Å². The zero-order valence-electron chi connectivity index (χ0n) is 23.6. The number of aromatic nitrogens is 3. The molecule has 3 aliphatic heterocycles. The van der Waals surface area contributed by atoms with Gasteiger partial charge < -0.3 is 9.80 Å². The molecule has 5 heterocycles. The number of hydrogen-bond acceptors (Lipinski definition) is 7. The SMILES string of the molecule is CC1NN2C=C(c3cnn(C)c3)C=C(c3ccc(N4CCN(C(=O)C5(c6ccc(F)cc6)CC5)CC4)nc3)C2=C1C#N. The minimum atomic E-state index is -0.496. The number of rotatable bonds is 5. The molecule has 7 rings (SSSR count). The van der Waals surface area contributed by atoms with E-state index in [9.17, 15) is 14.4 Å². The number of piperazine rings is 1. The predicted octanol–water partition coefficient (Wildman–Crippen LogP) is 3.76. The van der Waals surface area contributed by atoms with Crippen LogP contribution >= 0.6 is 0 Å².